The van der Waals surface area contributed by atoms with Gasteiger partial charge in [-0.25, -0.2) is 4.98 Å². The Bertz CT molecular complexity index is 863. The Labute approximate surface area is 147 Å². The number of rotatable bonds is 4. The van der Waals surface area contributed by atoms with E-state index < -0.39 is 0 Å². The fraction of sp³-hybridized carbons (Fsp3) is 0.111. The van der Waals surface area contributed by atoms with Gasteiger partial charge in [0.15, 0.2) is 5.15 Å². The summed E-state index contributed by atoms with van der Waals surface area (Å²) in [5.74, 6) is 0. The zero-order valence-electron chi connectivity index (χ0n) is 12.2. The zero-order valence-corrected chi connectivity index (χ0v) is 14.6. The van der Waals surface area contributed by atoms with Crippen LogP contribution in [0.4, 0.5) is 0 Å². The molecule has 23 heavy (non-hydrogen) atoms. The van der Waals surface area contributed by atoms with Crippen molar-refractivity contribution < 1.29 is 0 Å². The van der Waals surface area contributed by atoms with Gasteiger partial charge in [-0.15, -0.1) is 0 Å². The molecule has 1 heterocycles. The lowest BCUT2D eigenvalue weighted by Crippen LogP contribution is -2.27. The minimum Gasteiger partial charge on any atom is -0.299 e. The van der Waals surface area contributed by atoms with Crippen molar-refractivity contribution in [1.82, 2.24) is 9.55 Å². The van der Waals surface area contributed by atoms with Crippen LogP contribution < -0.4 is 5.56 Å². The molecule has 0 unspecified atom stereocenters. The van der Waals surface area contributed by atoms with E-state index in [-0.39, 0.29) is 5.56 Å². The van der Waals surface area contributed by atoms with E-state index in [2.05, 4.69) is 20.9 Å². The van der Waals surface area contributed by atoms with Gasteiger partial charge < -0.3 is 0 Å². The summed E-state index contributed by atoms with van der Waals surface area (Å²) in [6, 6.07) is 19.5. The molecule has 1 aromatic heterocycles. The molecule has 2 aromatic carbocycles. The topological polar surface area (TPSA) is 34.9 Å². The number of aromatic nitrogens is 2. The van der Waals surface area contributed by atoms with Crippen LogP contribution in [-0.4, -0.2) is 9.55 Å². The number of alkyl halides is 1. The maximum Gasteiger partial charge on any atom is 0.274 e. The molecular formula is C18H14BrClN2O. The van der Waals surface area contributed by atoms with Crippen molar-refractivity contribution in [1.29, 1.82) is 0 Å². The zero-order chi connectivity index (χ0) is 16.2. The molecule has 0 saturated heterocycles. The maximum absolute atomic E-state index is 12.8. The SMILES string of the molecule is O=c1c(CBr)nc(Cl)c(-c2ccccc2)n1Cc1ccccc1. The van der Waals surface area contributed by atoms with Crippen LogP contribution in [0.1, 0.15) is 11.3 Å². The van der Waals surface area contributed by atoms with Gasteiger partial charge >= 0.3 is 0 Å². The third-order valence-electron chi connectivity index (χ3n) is 3.55. The van der Waals surface area contributed by atoms with E-state index in [0.717, 1.165) is 11.1 Å². The molecule has 0 fully saturated rings. The first-order valence-electron chi connectivity index (χ1n) is 7.15. The third kappa shape index (κ3) is 3.38. The lowest BCUT2D eigenvalue weighted by atomic mass is 10.1. The first kappa shape index (κ1) is 16.0. The molecule has 0 aliphatic heterocycles. The molecule has 3 rings (SSSR count). The number of nitrogens with zero attached hydrogens (tertiary/aromatic N) is 2. The second kappa shape index (κ2) is 7.11. The van der Waals surface area contributed by atoms with Crippen molar-refractivity contribution in [2.24, 2.45) is 0 Å². The first-order valence-corrected chi connectivity index (χ1v) is 8.65. The minimum atomic E-state index is -0.131. The second-order valence-corrected chi connectivity index (χ2v) is 5.99. The summed E-state index contributed by atoms with van der Waals surface area (Å²) in [5.41, 5.74) is 2.83. The van der Waals surface area contributed by atoms with Crippen LogP contribution in [0.2, 0.25) is 5.15 Å². The smallest absolute Gasteiger partial charge is 0.274 e. The van der Waals surface area contributed by atoms with Gasteiger partial charge in [0.25, 0.3) is 5.56 Å². The van der Waals surface area contributed by atoms with E-state index in [1.807, 2.05) is 60.7 Å². The van der Waals surface area contributed by atoms with Crippen molar-refractivity contribution in [3.05, 3.63) is 87.4 Å². The van der Waals surface area contributed by atoms with Gasteiger partial charge in [0.1, 0.15) is 5.69 Å². The van der Waals surface area contributed by atoms with Crippen molar-refractivity contribution in [2.75, 3.05) is 0 Å². The summed E-state index contributed by atoms with van der Waals surface area (Å²) in [4.78, 5) is 17.0. The number of hydrogen-bond acceptors (Lipinski definition) is 2. The highest BCUT2D eigenvalue weighted by molar-refractivity contribution is 9.08. The number of benzene rings is 2. The quantitative estimate of drug-likeness (QED) is 0.616. The van der Waals surface area contributed by atoms with Crippen LogP contribution in [-0.2, 0) is 11.9 Å². The average molecular weight is 390 g/mol. The molecule has 0 aliphatic carbocycles. The highest BCUT2D eigenvalue weighted by Gasteiger charge is 2.16. The van der Waals surface area contributed by atoms with E-state index in [1.165, 1.54) is 0 Å². The fourth-order valence-electron chi connectivity index (χ4n) is 2.46. The predicted octanol–water partition coefficient (Wildman–Crippen LogP) is 4.51. The lowest BCUT2D eigenvalue weighted by molar-refractivity contribution is 0.746. The standard InChI is InChI=1S/C18H14BrClN2O/c19-11-15-18(23)22(12-13-7-3-1-4-8-13)16(17(20)21-15)14-9-5-2-6-10-14/h1-10H,11-12H2. The van der Waals surface area contributed by atoms with Crippen molar-refractivity contribution in [3.63, 3.8) is 0 Å². The Morgan fingerprint density at radius 1 is 1.00 bits per heavy atom. The Kier molecular flexibility index (Phi) is 4.94. The highest BCUT2D eigenvalue weighted by atomic mass is 79.9. The number of halogens is 2. The van der Waals surface area contributed by atoms with Gasteiger partial charge in [-0.05, 0) is 5.56 Å². The molecule has 3 nitrogen and oxygen atoms in total. The molecule has 0 N–H and O–H groups in total. The van der Waals surface area contributed by atoms with Crippen molar-refractivity contribution in [3.8, 4) is 11.3 Å². The van der Waals surface area contributed by atoms with Gasteiger partial charge in [0, 0.05) is 5.56 Å². The summed E-state index contributed by atoms with van der Waals surface area (Å²) in [5, 5.41) is 0.705. The molecule has 116 valence electrons. The molecule has 0 amide bonds. The molecular weight excluding hydrogens is 376 g/mol. The Morgan fingerprint density at radius 3 is 2.22 bits per heavy atom. The molecule has 0 radical (unpaired) electrons. The molecule has 0 aliphatic rings. The van der Waals surface area contributed by atoms with Gasteiger partial charge in [-0.3, -0.25) is 9.36 Å². The van der Waals surface area contributed by atoms with E-state index >= 15 is 0 Å². The fourth-order valence-corrected chi connectivity index (χ4v) is 3.14. The van der Waals surface area contributed by atoms with E-state index in [1.54, 1.807) is 4.57 Å². The average Bonchev–Trinajstić information content (AvgIpc) is 2.59. The predicted molar refractivity (Wildman–Crippen MR) is 97.1 cm³/mol. The molecule has 0 bridgehead atoms. The Morgan fingerprint density at radius 2 is 1.61 bits per heavy atom. The summed E-state index contributed by atoms with van der Waals surface area (Å²) in [6.07, 6.45) is 0. The molecule has 0 saturated carbocycles. The van der Waals surface area contributed by atoms with Crippen LogP contribution in [0.25, 0.3) is 11.3 Å². The van der Waals surface area contributed by atoms with Crippen LogP contribution in [0.3, 0.4) is 0 Å². The Hall–Kier alpha value is -1.91. The van der Waals surface area contributed by atoms with Crippen molar-refractivity contribution in [2.45, 2.75) is 11.9 Å². The van der Waals surface area contributed by atoms with Crippen LogP contribution >= 0.6 is 27.5 Å². The molecule has 3 aromatic rings. The van der Waals surface area contributed by atoms with Crippen LogP contribution in [0.5, 0.6) is 0 Å². The summed E-state index contributed by atoms with van der Waals surface area (Å²) in [6.45, 7) is 0.451. The third-order valence-corrected chi connectivity index (χ3v) is 4.34. The molecule has 5 heteroatoms. The summed E-state index contributed by atoms with van der Waals surface area (Å²) < 4.78 is 1.69. The maximum atomic E-state index is 12.8. The van der Waals surface area contributed by atoms with Crippen LogP contribution in [0.15, 0.2) is 65.5 Å². The van der Waals surface area contributed by atoms with Gasteiger partial charge in [-0.2, -0.15) is 0 Å². The summed E-state index contributed by atoms with van der Waals surface area (Å²) >= 11 is 9.70. The molecule has 0 atom stereocenters. The first-order chi connectivity index (χ1) is 11.2. The highest BCUT2D eigenvalue weighted by Crippen LogP contribution is 2.26. The number of hydrogen-bond donors (Lipinski definition) is 0. The van der Waals surface area contributed by atoms with E-state index in [0.29, 0.717) is 28.4 Å². The van der Waals surface area contributed by atoms with Gasteiger partial charge in [0.2, 0.25) is 0 Å². The van der Waals surface area contributed by atoms with Gasteiger partial charge in [0.05, 0.1) is 17.6 Å². The normalized spacial score (nSPS) is 10.7. The van der Waals surface area contributed by atoms with E-state index in [4.69, 9.17) is 11.6 Å². The van der Waals surface area contributed by atoms with Gasteiger partial charge in [-0.1, -0.05) is 88.2 Å². The second-order valence-electron chi connectivity index (χ2n) is 5.07. The minimum absolute atomic E-state index is 0.131. The summed E-state index contributed by atoms with van der Waals surface area (Å²) in [7, 11) is 0. The Balaban J connectivity index is 2.22. The largest absolute Gasteiger partial charge is 0.299 e. The lowest BCUT2D eigenvalue weighted by Gasteiger charge is -2.15. The molecule has 0 spiro atoms. The van der Waals surface area contributed by atoms with E-state index in [9.17, 15) is 4.79 Å². The van der Waals surface area contributed by atoms with Crippen molar-refractivity contribution >= 4 is 27.5 Å². The van der Waals surface area contributed by atoms with Crippen LogP contribution in [0, 0.1) is 0 Å². The monoisotopic (exact) mass is 388 g/mol.